The monoisotopic (exact) mass is 244 g/mol. The van der Waals surface area contributed by atoms with Crippen molar-refractivity contribution in [2.75, 3.05) is 13.1 Å². The number of aliphatic carboxylic acids is 1. The summed E-state index contributed by atoms with van der Waals surface area (Å²) in [6.45, 7) is 1.99. The fraction of sp³-hybridized carbons (Fsp3) is 0.875. The highest BCUT2D eigenvalue weighted by Gasteiger charge is 2.19. The Morgan fingerprint density at radius 2 is 1.93 bits per heavy atom. The summed E-state index contributed by atoms with van der Waals surface area (Å²) in [7, 11) is 0. The highest BCUT2D eigenvalue weighted by atomic mass is 35.5. The molecule has 0 radical (unpaired) electrons. The van der Waals surface area contributed by atoms with Crippen molar-refractivity contribution in [3.63, 3.8) is 0 Å². The Morgan fingerprint density at radius 3 is 2.36 bits per heavy atom. The van der Waals surface area contributed by atoms with Crippen molar-refractivity contribution in [2.45, 2.75) is 25.3 Å². The van der Waals surface area contributed by atoms with Crippen molar-refractivity contribution >= 4 is 30.8 Å². The van der Waals surface area contributed by atoms with Crippen molar-refractivity contribution in [1.29, 1.82) is 0 Å². The molecule has 6 heteroatoms. The normalized spacial score (nSPS) is 18.9. The zero-order chi connectivity index (χ0) is 8.97. The third kappa shape index (κ3) is 5.65. The van der Waals surface area contributed by atoms with Gasteiger partial charge in [0.15, 0.2) is 0 Å². The average Bonchev–Trinajstić information content (AvgIpc) is 2.06. The molecule has 1 aliphatic rings. The standard InChI is InChI=1S/C8H16N2O2.2ClH/c9-7(8(11)12)5-6-1-3-10-4-2-6;;/h6-7,10H,1-5,9H2,(H,11,12);2*1H/t7-;;/m1../s1. The van der Waals surface area contributed by atoms with Crippen LogP contribution in [0.1, 0.15) is 19.3 Å². The zero-order valence-corrected chi connectivity index (χ0v) is 9.57. The summed E-state index contributed by atoms with van der Waals surface area (Å²) in [6, 6.07) is -0.673. The molecular formula is C8H18Cl2N2O2. The molecule has 1 atom stereocenters. The van der Waals surface area contributed by atoms with Gasteiger partial charge in [0, 0.05) is 0 Å². The second-order valence-electron chi connectivity index (χ2n) is 3.37. The number of hydrogen-bond donors (Lipinski definition) is 3. The van der Waals surface area contributed by atoms with E-state index >= 15 is 0 Å². The number of rotatable bonds is 3. The maximum absolute atomic E-state index is 10.4. The van der Waals surface area contributed by atoms with Gasteiger partial charge in [0.05, 0.1) is 0 Å². The van der Waals surface area contributed by atoms with Crippen LogP contribution in [-0.2, 0) is 4.79 Å². The van der Waals surface area contributed by atoms with Crippen LogP contribution < -0.4 is 11.1 Å². The number of carboxylic acid groups (broad SMARTS) is 1. The van der Waals surface area contributed by atoms with Crippen molar-refractivity contribution in [3.8, 4) is 0 Å². The van der Waals surface area contributed by atoms with Gasteiger partial charge in [-0.2, -0.15) is 0 Å². The number of halogens is 2. The largest absolute Gasteiger partial charge is 0.480 e. The second-order valence-corrected chi connectivity index (χ2v) is 3.37. The summed E-state index contributed by atoms with van der Waals surface area (Å²) in [4.78, 5) is 10.4. The van der Waals surface area contributed by atoms with Crippen LogP contribution in [0.5, 0.6) is 0 Å². The molecule has 0 spiro atoms. The maximum Gasteiger partial charge on any atom is 0.320 e. The third-order valence-corrected chi connectivity index (χ3v) is 2.36. The lowest BCUT2D eigenvalue weighted by atomic mass is 9.91. The van der Waals surface area contributed by atoms with E-state index in [4.69, 9.17) is 10.8 Å². The predicted octanol–water partition coefficient (Wildman–Crippen LogP) is 0.632. The molecule has 0 saturated carbocycles. The smallest absolute Gasteiger partial charge is 0.320 e. The van der Waals surface area contributed by atoms with Crippen LogP contribution in [0.25, 0.3) is 0 Å². The van der Waals surface area contributed by atoms with Crippen molar-refractivity contribution in [2.24, 2.45) is 11.7 Å². The van der Waals surface area contributed by atoms with Crippen LogP contribution >= 0.6 is 24.8 Å². The maximum atomic E-state index is 10.4. The fourth-order valence-corrected chi connectivity index (χ4v) is 1.58. The van der Waals surface area contributed by atoms with E-state index < -0.39 is 12.0 Å². The molecular weight excluding hydrogens is 227 g/mol. The van der Waals surface area contributed by atoms with E-state index in [0.29, 0.717) is 12.3 Å². The van der Waals surface area contributed by atoms with Gasteiger partial charge < -0.3 is 16.2 Å². The fourth-order valence-electron chi connectivity index (χ4n) is 1.58. The summed E-state index contributed by atoms with van der Waals surface area (Å²) in [5.74, 6) is -0.383. The first kappa shape index (κ1) is 16.4. The van der Waals surface area contributed by atoms with Gasteiger partial charge in [-0.25, -0.2) is 0 Å². The molecule has 4 nitrogen and oxygen atoms in total. The number of nitrogens with two attached hydrogens (primary N) is 1. The Bertz CT molecular complexity index is 163. The van der Waals surface area contributed by atoms with Gasteiger partial charge in [-0.05, 0) is 38.3 Å². The molecule has 0 aromatic rings. The van der Waals surface area contributed by atoms with Gasteiger partial charge in [-0.1, -0.05) is 0 Å². The Kier molecular flexibility index (Phi) is 9.72. The highest BCUT2D eigenvalue weighted by molar-refractivity contribution is 5.85. The summed E-state index contributed by atoms with van der Waals surface area (Å²) in [5, 5.41) is 11.8. The molecule has 4 N–H and O–H groups in total. The van der Waals surface area contributed by atoms with E-state index in [-0.39, 0.29) is 24.8 Å². The van der Waals surface area contributed by atoms with E-state index in [2.05, 4.69) is 5.32 Å². The molecule has 86 valence electrons. The van der Waals surface area contributed by atoms with Crippen LogP contribution in [0.4, 0.5) is 0 Å². The van der Waals surface area contributed by atoms with Gasteiger partial charge >= 0.3 is 5.97 Å². The van der Waals surface area contributed by atoms with E-state index in [0.717, 1.165) is 25.9 Å². The van der Waals surface area contributed by atoms with Crippen LogP contribution in [0.15, 0.2) is 0 Å². The van der Waals surface area contributed by atoms with Gasteiger partial charge in [-0.3, -0.25) is 4.79 Å². The molecule has 0 aromatic carbocycles. The van der Waals surface area contributed by atoms with Crippen LogP contribution in [-0.4, -0.2) is 30.2 Å². The van der Waals surface area contributed by atoms with Gasteiger partial charge in [0.1, 0.15) is 6.04 Å². The van der Waals surface area contributed by atoms with Gasteiger partial charge in [-0.15, -0.1) is 24.8 Å². The minimum atomic E-state index is -0.881. The number of carbonyl (C=O) groups is 1. The summed E-state index contributed by atoms with van der Waals surface area (Å²) in [6.07, 6.45) is 2.74. The molecule has 0 amide bonds. The van der Waals surface area contributed by atoms with Crippen LogP contribution in [0, 0.1) is 5.92 Å². The van der Waals surface area contributed by atoms with E-state index in [1.165, 1.54) is 0 Å². The third-order valence-electron chi connectivity index (χ3n) is 2.36. The molecule has 14 heavy (non-hydrogen) atoms. The summed E-state index contributed by atoms with van der Waals surface area (Å²) < 4.78 is 0. The first-order valence-corrected chi connectivity index (χ1v) is 4.39. The van der Waals surface area contributed by atoms with Gasteiger partial charge in [0.25, 0.3) is 0 Å². The molecule has 0 aromatic heterocycles. The van der Waals surface area contributed by atoms with Crippen molar-refractivity contribution in [1.82, 2.24) is 5.32 Å². The quantitative estimate of drug-likeness (QED) is 0.681. The lowest BCUT2D eigenvalue weighted by Crippen LogP contribution is -2.36. The Labute approximate surface area is 96.4 Å². The number of carboxylic acids is 1. The molecule has 1 fully saturated rings. The Balaban J connectivity index is 0. The lowest BCUT2D eigenvalue weighted by Gasteiger charge is -2.23. The minimum absolute atomic E-state index is 0. The van der Waals surface area contributed by atoms with E-state index in [1.807, 2.05) is 0 Å². The first-order valence-electron chi connectivity index (χ1n) is 4.39. The van der Waals surface area contributed by atoms with Crippen molar-refractivity contribution < 1.29 is 9.90 Å². The SMILES string of the molecule is Cl.Cl.N[C@H](CC1CCNCC1)C(=O)O. The summed E-state index contributed by atoms with van der Waals surface area (Å²) in [5.41, 5.74) is 5.43. The van der Waals surface area contributed by atoms with E-state index in [9.17, 15) is 4.79 Å². The Morgan fingerprint density at radius 1 is 1.43 bits per heavy atom. The van der Waals surface area contributed by atoms with E-state index in [1.54, 1.807) is 0 Å². The number of piperidine rings is 1. The topological polar surface area (TPSA) is 75.3 Å². The molecule has 0 aliphatic carbocycles. The molecule has 1 rings (SSSR count). The number of hydrogen-bond acceptors (Lipinski definition) is 3. The van der Waals surface area contributed by atoms with Crippen LogP contribution in [0.2, 0.25) is 0 Å². The average molecular weight is 245 g/mol. The second kappa shape index (κ2) is 8.29. The van der Waals surface area contributed by atoms with Crippen LogP contribution in [0.3, 0.4) is 0 Å². The van der Waals surface area contributed by atoms with Gasteiger partial charge in [0.2, 0.25) is 0 Å². The Hall–Kier alpha value is -0.0300. The molecule has 1 heterocycles. The first-order chi connectivity index (χ1) is 5.70. The van der Waals surface area contributed by atoms with Crippen molar-refractivity contribution in [3.05, 3.63) is 0 Å². The molecule has 1 saturated heterocycles. The number of nitrogens with one attached hydrogen (secondary N) is 1. The molecule has 0 bridgehead atoms. The molecule has 0 unspecified atom stereocenters. The zero-order valence-electron chi connectivity index (χ0n) is 7.94. The lowest BCUT2D eigenvalue weighted by molar-refractivity contribution is -0.139. The predicted molar refractivity (Wildman–Crippen MR) is 60.3 cm³/mol. The summed E-state index contributed by atoms with van der Waals surface area (Å²) >= 11 is 0. The highest BCUT2D eigenvalue weighted by Crippen LogP contribution is 2.16. The molecule has 1 aliphatic heterocycles. The minimum Gasteiger partial charge on any atom is -0.480 e.